The minimum absolute atomic E-state index is 0.179. The predicted octanol–water partition coefficient (Wildman–Crippen LogP) is 4.10. The van der Waals surface area contributed by atoms with Gasteiger partial charge in [0.2, 0.25) is 5.91 Å². The lowest BCUT2D eigenvalue weighted by Crippen LogP contribution is -2.36. The van der Waals surface area contributed by atoms with Crippen LogP contribution in [-0.4, -0.2) is 68.4 Å². The first-order valence-electron chi connectivity index (χ1n) is 13.9. The number of ether oxygens (including phenoxy) is 1. The molecule has 0 saturated heterocycles. The number of H-pyrrole nitrogens is 1. The number of aromatic nitrogens is 4. The number of fused-ring (bicyclic) bond motifs is 1. The van der Waals surface area contributed by atoms with Crippen LogP contribution in [0.4, 0.5) is 16.0 Å². The number of carbonyl (C=O) groups excluding carboxylic acids is 1. The molecule has 212 valence electrons. The summed E-state index contributed by atoms with van der Waals surface area (Å²) in [6.45, 7) is 2.36. The lowest BCUT2D eigenvalue weighted by molar-refractivity contribution is -0.120. The van der Waals surface area contributed by atoms with Gasteiger partial charge in [-0.3, -0.25) is 14.8 Å². The van der Waals surface area contributed by atoms with Gasteiger partial charge in [-0.25, -0.2) is 14.4 Å². The molecule has 0 aliphatic heterocycles. The molecule has 2 heterocycles. The molecular weight excluding hydrogens is 513 g/mol. The van der Waals surface area contributed by atoms with Gasteiger partial charge in [0.25, 0.3) is 0 Å². The molecule has 2 aliphatic carbocycles. The number of nitrogens with zero attached hydrogens (tertiary/aromatic N) is 4. The number of aromatic amines is 1. The van der Waals surface area contributed by atoms with Gasteiger partial charge in [0.1, 0.15) is 23.7 Å². The quantitative estimate of drug-likeness (QED) is 0.234. The van der Waals surface area contributed by atoms with E-state index in [0.29, 0.717) is 48.5 Å². The topological polar surface area (TPSA) is 142 Å². The second kappa shape index (κ2) is 13.0. The zero-order valence-electron chi connectivity index (χ0n) is 22.4. The lowest BCUT2D eigenvalue weighted by atomic mass is 9.84. The zero-order valence-corrected chi connectivity index (χ0v) is 22.4. The van der Waals surface area contributed by atoms with Crippen LogP contribution in [0.2, 0.25) is 0 Å². The van der Waals surface area contributed by atoms with E-state index in [1.807, 2.05) is 18.2 Å². The number of hydrogen-bond acceptors (Lipinski definition) is 8. The van der Waals surface area contributed by atoms with Crippen molar-refractivity contribution in [3.63, 3.8) is 0 Å². The molecule has 11 heteroatoms. The van der Waals surface area contributed by atoms with Crippen molar-refractivity contribution in [1.82, 2.24) is 25.1 Å². The Morgan fingerprint density at radius 1 is 1.25 bits per heavy atom. The molecular formula is C29H36FN7O3. The lowest BCUT2D eigenvalue weighted by Gasteiger charge is -2.28. The number of nitrogens with one attached hydrogen (secondary N) is 2. The SMILES string of the molecule is NC(=O)C(c1cc(Nc2ncnc3cc(OCCCN(CCO)C4CCCC4)ccc23)n[nH]1)C1C=C(F)C=CC1. The third-order valence-electron chi connectivity index (χ3n) is 7.67. The van der Waals surface area contributed by atoms with Crippen LogP contribution in [-0.2, 0) is 4.79 Å². The largest absolute Gasteiger partial charge is 0.493 e. The molecule has 0 radical (unpaired) electrons. The molecule has 10 nitrogen and oxygen atoms in total. The molecule has 3 aromatic rings. The summed E-state index contributed by atoms with van der Waals surface area (Å²) in [5, 5.41) is 20.5. The Kier molecular flexibility index (Phi) is 9.02. The predicted molar refractivity (Wildman–Crippen MR) is 151 cm³/mol. The van der Waals surface area contributed by atoms with Crippen LogP contribution in [0.3, 0.4) is 0 Å². The number of amides is 1. The highest BCUT2D eigenvalue weighted by molar-refractivity contribution is 5.91. The standard InChI is InChI=1S/C29H36FN7O3/c30-20-6-3-5-19(15-20)27(28(31)39)25-17-26(36-35-25)34-29-23-10-9-22(16-24(23)32-18-33-29)40-14-4-11-37(12-13-38)21-7-1-2-8-21/h3,6,9-10,15-19,21,27,38H,1-2,4-5,7-8,11-14H2,(H2,31,39)(H2,32,33,34,35,36). The average Bonchev–Trinajstić information content (AvgIpc) is 3.63. The number of aliphatic hydroxyl groups excluding tert-OH is 1. The van der Waals surface area contributed by atoms with E-state index in [4.69, 9.17) is 10.5 Å². The number of benzene rings is 1. The van der Waals surface area contributed by atoms with E-state index >= 15 is 0 Å². The Labute approximate surface area is 232 Å². The third kappa shape index (κ3) is 6.65. The van der Waals surface area contributed by atoms with Gasteiger partial charge in [-0.05, 0) is 50.0 Å². The Morgan fingerprint density at radius 3 is 2.88 bits per heavy atom. The molecule has 1 aromatic carbocycles. The van der Waals surface area contributed by atoms with Gasteiger partial charge < -0.3 is 20.9 Å². The minimum Gasteiger partial charge on any atom is -0.493 e. The van der Waals surface area contributed by atoms with Crippen molar-refractivity contribution in [3.05, 3.63) is 60.3 Å². The van der Waals surface area contributed by atoms with Crippen LogP contribution in [0.25, 0.3) is 10.9 Å². The summed E-state index contributed by atoms with van der Waals surface area (Å²) in [5.41, 5.74) is 6.88. The number of rotatable bonds is 13. The van der Waals surface area contributed by atoms with Crippen LogP contribution in [0, 0.1) is 5.92 Å². The van der Waals surface area contributed by atoms with Gasteiger partial charge in [-0.15, -0.1) is 0 Å². The molecule has 2 unspecified atom stereocenters. The van der Waals surface area contributed by atoms with E-state index in [-0.39, 0.29) is 12.4 Å². The van der Waals surface area contributed by atoms with Crippen molar-refractivity contribution < 1.29 is 19.0 Å². The molecule has 2 atom stereocenters. The number of anilines is 2. The summed E-state index contributed by atoms with van der Waals surface area (Å²) >= 11 is 0. The monoisotopic (exact) mass is 549 g/mol. The maximum Gasteiger partial charge on any atom is 0.227 e. The van der Waals surface area contributed by atoms with Crippen molar-refractivity contribution in [2.75, 3.05) is 31.6 Å². The van der Waals surface area contributed by atoms with Crippen molar-refractivity contribution in [2.24, 2.45) is 11.7 Å². The van der Waals surface area contributed by atoms with Gasteiger partial charge in [-0.2, -0.15) is 5.10 Å². The highest BCUT2D eigenvalue weighted by atomic mass is 19.1. The normalized spacial score (nSPS) is 18.3. The van der Waals surface area contributed by atoms with Crippen molar-refractivity contribution in [2.45, 2.75) is 50.5 Å². The fourth-order valence-corrected chi connectivity index (χ4v) is 5.73. The number of hydrogen-bond donors (Lipinski definition) is 4. The van der Waals surface area contributed by atoms with E-state index in [9.17, 15) is 14.3 Å². The molecule has 2 aliphatic rings. The molecule has 2 aromatic heterocycles. The van der Waals surface area contributed by atoms with E-state index < -0.39 is 17.7 Å². The zero-order chi connectivity index (χ0) is 27.9. The maximum atomic E-state index is 13.8. The summed E-state index contributed by atoms with van der Waals surface area (Å²) in [7, 11) is 0. The van der Waals surface area contributed by atoms with Crippen LogP contribution in [0.15, 0.2) is 54.6 Å². The summed E-state index contributed by atoms with van der Waals surface area (Å²) in [4.78, 5) is 23.4. The Morgan fingerprint density at radius 2 is 2.10 bits per heavy atom. The molecule has 0 bridgehead atoms. The minimum atomic E-state index is -0.741. The number of halogens is 1. The van der Waals surface area contributed by atoms with E-state index in [0.717, 1.165) is 24.1 Å². The number of allylic oxidation sites excluding steroid dienone is 4. The maximum absolute atomic E-state index is 13.8. The van der Waals surface area contributed by atoms with Crippen molar-refractivity contribution >= 4 is 28.4 Å². The summed E-state index contributed by atoms with van der Waals surface area (Å²) < 4.78 is 19.8. The first kappa shape index (κ1) is 27.7. The van der Waals surface area contributed by atoms with E-state index in [2.05, 4.69) is 30.4 Å². The van der Waals surface area contributed by atoms with Gasteiger partial charge in [0.15, 0.2) is 5.82 Å². The van der Waals surface area contributed by atoms with Gasteiger partial charge in [-0.1, -0.05) is 18.9 Å². The first-order chi connectivity index (χ1) is 19.5. The highest BCUT2D eigenvalue weighted by Crippen LogP contribution is 2.33. The number of aliphatic hydroxyl groups is 1. The van der Waals surface area contributed by atoms with Gasteiger partial charge in [0, 0.05) is 42.6 Å². The van der Waals surface area contributed by atoms with E-state index in [1.165, 1.54) is 44.2 Å². The van der Waals surface area contributed by atoms with Crippen molar-refractivity contribution in [1.29, 1.82) is 0 Å². The second-order valence-electron chi connectivity index (χ2n) is 10.4. The Hall–Kier alpha value is -3.83. The number of primary amides is 1. The average molecular weight is 550 g/mol. The summed E-state index contributed by atoms with van der Waals surface area (Å²) in [6.07, 6.45) is 12.3. The molecule has 40 heavy (non-hydrogen) atoms. The molecule has 1 saturated carbocycles. The number of nitrogens with two attached hydrogens (primary N) is 1. The molecule has 5 rings (SSSR count). The molecule has 5 N–H and O–H groups in total. The second-order valence-corrected chi connectivity index (χ2v) is 10.4. The van der Waals surface area contributed by atoms with Crippen LogP contribution >= 0.6 is 0 Å². The van der Waals surface area contributed by atoms with Crippen LogP contribution < -0.4 is 15.8 Å². The summed E-state index contributed by atoms with van der Waals surface area (Å²) in [5.74, 6) is -0.355. The highest BCUT2D eigenvalue weighted by Gasteiger charge is 2.29. The molecule has 1 amide bonds. The van der Waals surface area contributed by atoms with Crippen LogP contribution in [0.5, 0.6) is 5.75 Å². The van der Waals surface area contributed by atoms with E-state index in [1.54, 1.807) is 12.1 Å². The Balaban J connectivity index is 1.22. The third-order valence-corrected chi connectivity index (χ3v) is 7.67. The van der Waals surface area contributed by atoms with Gasteiger partial charge >= 0.3 is 0 Å². The number of carbonyl (C=O) groups is 1. The summed E-state index contributed by atoms with van der Waals surface area (Å²) in [6, 6.07) is 7.92. The first-order valence-corrected chi connectivity index (χ1v) is 13.9. The van der Waals surface area contributed by atoms with Crippen LogP contribution in [0.1, 0.15) is 50.1 Å². The smallest absolute Gasteiger partial charge is 0.227 e. The molecule has 1 fully saturated rings. The fraction of sp³-hybridized carbons (Fsp3) is 0.448. The fourth-order valence-electron chi connectivity index (χ4n) is 5.73. The Bertz CT molecular complexity index is 1370. The van der Waals surface area contributed by atoms with Crippen molar-refractivity contribution in [3.8, 4) is 5.75 Å². The molecule has 0 spiro atoms. The van der Waals surface area contributed by atoms with Gasteiger partial charge in [0.05, 0.1) is 30.3 Å².